The standard InChI is InChI=1S/C21H17BrClFN2O/c1-13-10-15(8-9-25-13)21(26-27)12-19(14-2-4-16(22)5-3-14)18-7-6-17(23)11-20(18)24/h2-11,19,27H,12H2,1H3. The second-order valence-corrected chi connectivity index (χ2v) is 7.56. The van der Waals surface area contributed by atoms with Crippen LogP contribution in [-0.4, -0.2) is 15.9 Å². The molecule has 3 nitrogen and oxygen atoms in total. The minimum absolute atomic E-state index is 0.320. The third kappa shape index (κ3) is 4.73. The lowest BCUT2D eigenvalue weighted by Crippen LogP contribution is -2.12. The van der Waals surface area contributed by atoms with Crippen LogP contribution >= 0.6 is 27.5 Å². The van der Waals surface area contributed by atoms with Crippen molar-refractivity contribution in [3.8, 4) is 0 Å². The lowest BCUT2D eigenvalue weighted by Gasteiger charge is -2.20. The lowest BCUT2D eigenvalue weighted by molar-refractivity contribution is 0.317. The summed E-state index contributed by atoms with van der Waals surface area (Å²) in [6.07, 6.45) is 1.98. The van der Waals surface area contributed by atoms with E-state index in [9.17, 15) is 9.60 Å². The van der Waals surface area contributed by atoms with E-state index in [1.807, 2.05) is 37.3 Å². The van der Waals surface area contributed by atoms with Gasteiger partial charge in [-0.1, -0.05) is 50.9 Å². The van der Waals surface area contributed by atoms with E-state index in [0.717, 1.165) is 21.3 Å². The maximum absolute atomic E-state index is 14.7. The third-order valence-corrected chi connectivity index (χ3v) is 5.12. The van der Waals surface area contributed by atoms with Crippen LogP contribution in [0.3, 0.4) is 0 Å². The Morgan fingerprint density at radius 3 is 2.56 bits per heavy atom. The van der Waals surface area contributed by atoms with Crippen molar-refractivity contribution in [3.05, 3.63) is 98.5 Å². The molecule has 138 valence electrons. The molecule has 1 heterocycles. The molecule has 3 aromatic rings. The molecule has 0 amide bonds. The Balaban J connectivity index is 2.05. The van der Waals surface area contributed by atoms with Crippen molar-refractivity contribution in [2.24, 2.45) is 5.16 Å². The van der Waals surface area contributed by atoms with Crippen LogP contribution in [0.1, 0.15) is 34.7 Å². The van der Waals surface area contributed by atoms with E-state index in [4.69, 9.17) is 11.6 Å². The number of rotatable bonds is 5. The summed E-state index contributed by atoms with van der Waals surface area (Å²) in [5, 5.41) is 13.4. The summed E-state index contributed by atoms with van der Waals surface area (Å²) in [4.78, 5) is 4.17. The molecule has 1 unspecified atom stereocenters. The number of benzene rings is 2. The van der Waals surface area contributed by atoms with Gasteiger partial charge in [0, 0.05) is 39.3 Å². The van der Waals surface area contributed by atoms with Crippen molar-refractivity contribution in [1.29, 1.82) is 0 Å². The molecule has 0 fully saturated rings. The number of aryl methyl sites for hydroxylation is 1. The Hall–Kier alpha value is -2.24. The molecule has 0 spiro atoms. The van der Waals surface area contributed by atoms with E-state index in [2.05, 4.69) is 26.1 Å². The average Bonchev–Trinajstić information content (AvgIpc) is 2.64. The van der Waals surface area contributed by atoms with Gasteiger partial charge in [0.05, 0.1) is 5.71 Å². The average molecular weight is 448 g/mol. The van der Waals surface area contributed by atoms with Crippen LogP contribution in [0.4, 0.5) is 4.39 Å². The number of pyridine rings is 1. The van der Waals surface area contributed by atoms with Gasteiger partial charge < -0.3 is 5.21 Å². The fraction of sp³-hybridized carbons (Fsp3) is 0.143. The van der Waals surface area contributed by atoms with Gasteiger partial charge in [0.25, 0.3) is 0 Å². The zero-order valence-corrected chi connectivity index (χ0v) is 16.9. The summed E-state index contributed by atoms with van der Waals surface area (Å²) >= 11 is 9.34. The quantitative estimate of drug-likeness (QED) is 0.281. The van der Waals surface area contributed by atoms with Crippen LogP contribution < -0.4 is 0 Å². The molecule has 0 aliphatic carbocycles. The first-order chi connectivity index (χ1) is 13.0. The molecule has 0 saturated heterocycles. The molecular formula is C21H17BrClFN2O. The Morgan fingerprint density at radius 2 is 1.93 bits per heavy atom. The second kappa shape index (κ2) is 8.63. The predicted octanol–water partition coefficient (Wildman–Crippen LogP) is 6.35. The highest BCUT2D eigenvalue weighted by molar-refractivity contribution is 9.10. The van der Waals surface area contributed by atoms with Gasteiger partial charge in [0.15, 0.2) is 0 Å². The molecule has 1 atom stereocenters. The molecule has 2 aromatic carbocycles. The summed E-state index contributed by atoms with van der Waals surface area (Å²) < 4.78 is 15.6. The molecule has 1 N–H and O–H groups in total. The zero-order chi connectivity index (χ0) is 19.4. The number of halogens is 3. The van der Waals surface area contributed by atoms with Crippen molar-refractivity contribution in [3.63, 3.8) is 0 Å². The van der Waals surface area contributed by atoms with Gasteiger partial charge in [0.1, 0.15) is 5.82 Å². The van der Waals surface area contributed by atoms with Crippen molar-refractivity contribution in [1.82, 2.24) is 4.98 Å². The fourth-order valence-corrected chi connectivity index (χ4v) is 3.44. The van der Waals surface area contributed by atoms with Crippen molar-refractivity contribution >= 4 is 33.2 Å². The monoisotopic (exact) mass is 446 g/mol. The van der Waals surface area contributed by atoms with Gasteiger partial charge in [-0.3, -0.25) is 4.98 Å². The Kier molecular flexibility index (Phi) is 6.24. The van der Waals surface area contributed by atoms with Gasteiger partial charge in [-0.15, -0.1) is 0 Å². The van der Waals surface area contributed by atoms with Crippen molar-refractivity contribution in [2.75, 3.05) is 0 Å². The molecular weight excluding hydrogens is 431 g/mol. The van der Waals surface area contributed by atoms with Gasteiger partial charge in [-0.2, -0.15) is 0 Å². The summed E-state index contributed by atoms with van der Waals surface area (Å²) in [5.74, 6) is -0.728. The van der Waals surface area contributed by atoms with Gasteiger partial charge in [-0.25, -0.2) is 4.39 Å². The van der Waals surface area contributed by atoms with Crippen LogP contribution in [0, 0.1) is 12.7 Å². The van der Waals surface area contributed by atoms with E-state index < -0.39 is 5.82 Å². The van der Waals surface area contributed by atoms with Crippen molar-refractivity contribution in [2.45, 2.75) is 19.3 Å². The van der Waals surface area contributed by atoms with Crippen LogP contribution in [0.15, 0.2) is 70.4 Å². The van der Waals surface area contributed by atoms with E-state index in [-0.39, 0.29) is 5.92 Å². The van der Waals surface area contributed by atoms with Crippen LogP contribution in [-0.2, 0) is 0 Å². The molecule has 0 radical (unpaired) electrons. The molecule has 0 aliphatic heterocycles. The largest absolute Gasteiger partial charge is 0.411 e. The van der Waals surface area contributed by atoms with E-state index in [1.165, 1.54) is 6.07 Å². The first-order valence-electron chi connectivity index (χ1n) is 8.32. The Morgan fingerprint density at radius 1 is 1.19 bits per heavy atom. The molecule has 0 bridgehead atoms. The summed E-state index contributed by atoms with van der Waals surface area (Å²) in [5.41, 5.74) is 3.43. The first-order valence-corrected chi connectivity index (χ1v) is 9.49. The smallest absolute Gasteiger partial charge is 0.128 e. The lowest BCUT2D eigenvalue weighted by atomic mass is 9.85. The predicted molar refractivity (Wildman–Crippen MR) is 109 cm³/mol. The highest BCUT2D eigenvalue weighted by atomic mass is 79.9. The number of nitrogens with zero attached hydrogens (tertiary/aromatic N) is 2. The zero-order valence-electron chi connectivity index (χ0n) is 14.5. The minimum atomic E-state index is -0.390. The van der Waals surface area contributed by atoms with Crippen molar-refractivity contribution < 1.29 is 9.60 Å². The van der Waals surface area contributed by atoms with Crippen LogP contribution in [0.2, 0.25) is 5.02 Å². The topological polar surface area (TPSA) is 45.5 Å². The van der Waals surface area contributed by atoms with Gasteiger partial charge >= 0.3 is 0 Å². The number of hydrogen-bond acceptors (Lipinski definition) is 3. The maximum atomic E-state index is 14.7. The summed E-state index contributed by atoms with van der Waals surface area (Å²) in [6, 6.07) is 15.9. The molecule has 1 aromatic heterocycles. The maximum Gasteiger partial charge on any atom is 0.128 e. The van der Waals surface area contributed by atoms with E-state index in [1.54, 1.807) is 24.4 Å². The molecule has 6 heteroatoms. The van der Waals surface area contributed by atoms with Crippen LogP contribution in [0.25, 0.3) is 0 Å². The van der Waals surface area contributed by atoms with E-state index >= 15 is 0 Å². The highest BCUT2D eigenvalue weighted by Crippen LogP contribution is 2.33. The highest BCUT2D eigenvalue weighted by Gasteiger charge is 2.22. The first kappa shape index (κ1) is 19.5. The normalized spacial score (nSPS) is 12.8. The molecule has 3 rings (SSSR count). The number of hydrogen-bond donors (Lipinski definition) is 1. The van der Waals surface area contributed by atoms with Crippen LogP contribution in [0.5, 0.6) is 0 Å². The number of oxime groups is 1. The summed E-state index contributed by atoms with van der Waals surface area (Å²) in [7, 11) is 0. The summed E-state index contributed by atoms with van der Waals surface area (Å²) in [6.45, 7) is 1.86. The minimum Gasteiger partial charge on any atom is -0.411 e. The fourth-order valence-electron chi connectivity index (χ4n) is 3.02. The Bertz CT molecular complexity index is 976. The Labute approximate surface area is 170 Å². The van der Waals surface area contributed by atoms with E-state index in [0.29, 0.717) is 22.7 Å². The SMILES string of the molecule is Cc1cc(C(CC(c2ccc(Br)cc2)c2ccc(Cl)cc2F)=NO)ccn1. The van der Waals surface area contributed by atoms with Gasteiger partial charge in [0.2, 0.25) is 0 Å². The molecule has 27 heavy (non-hydrogen) atoms. The second-order valence-electron chi connectivity index (χ2n) is 6.21. The van der Waals surface area contributed by atoms with Gasteiger partial charge in [-0.05, 0) is 54.4 Å². The third-order valence-electron chi connectivity index (χ3n) is 4.36. The molecule has 0 saturated carbocycles. The molecule has 0 aliphatic rings. The number of aromatic nitrogens is 1.